The molecule has 1 amide bonds. The van der Waals surface area contributed by atoms with Crippen molar-refractivity contribution in [1.29, 1.82) is 0 Å². The van der Waals surface area contributed by atoms with E-state index in [-0.39, 0.29) is 13.2 Å². The maximum atomic E-state index is 12.7. The summed E-state index contributed by atoms with van der Waals surface area (Å²) in [7, 11) is 1.28. The highest BCUT2D eigenvalue weighted by Gasteiger charge is 2.43. The van der Waals surface area contributed by atoms with Crippen LogP contribution in [0.5, 0.6) is 0 Å². The summed E-state index contributed by atoms with van der Waals surface area (Å²) in [6.07, 6.45) is -0.274. The largest absolute Gasteiger partial charge is 0.481 e. The van der Waals surface area contributed by atoms with E-state index in [4.69, 9.17) is 9.47 Å². The molecule has 0 aliphatic carbocycles. The van der Waals surface area contributed by atoms with Crippen molar-refractivity contribution in [3.05, 3.63) is 71.3 Å². The van der Waals surface area contributed by atoms with Gasteiger partial charge < -0.3 is 19.5 Å². The van der Waals surface area contributed by atoms with Gasteiger partial charge in [0.05, 0.1) is 24.6 Å². The third kappa shape index (κ3) is 4.14. The van der Waals surface area contributed by atoms with Crippen molar-refractivity contribution in [1.82, 2.24) is 4.90 Å². The molecule has 7 heteroatoms. The average Bonchev–Trinajstić information content (AvgIpc) is 3.18. The van der Waals surface area contributed by atoms with Crippen LogP contribution in [-0.4, -0.2) is 41.7 Å². The van der Waals surface area contributed by atoms with Crippen LogP contribution in [0.25, 0.3) is 0 Å². The molecule has 0 aromatic heterocycles. The fourth-order valence-electron chi connectivity index (χ4n) is 3.44. The minimum atomic E-state index is -0.994. The van der Waals surface area contributed by atoms with Crippen molar-refractivity contribution < 1.29 is 29.0 Å². The van der Waals surface area contributed by atoms with Crippen molar-refractivity contribution in [2.45, 2.75) is 19.1 Å². The van der Waals surface area contributed by atoms with Crippen molar-refractivity contribution in [3.63, 3.8) is 0 Å². The number of esters is 1. The third-order valence-corrected chi connectivity index (χ3v) is 4.80. The number of amides is 1. The number of carbonyl (C=O) groups is 3. The zero-order valence-corrected chi connectivity index (χ0v) is 15.4. The third-order valence-electron chi connectivity index (χ3n) is 4.80. The van der Waals surface area contributed by atoms with Gasteiger partial charge in [-0.25, -0.2) is 9.59 Å². The lowest BCUT2D eigenvalue weighted by Crippen LogP contribution is -2.34. The van der Waals surface area contributed by atoms with Crippen molar-refractivity contribution in [2.24, 2.45) is 5.92 Å². The molecule has 146 valence electrons. The fraction of sp³-hybridized carbons (Fsp3) is 0.286. The van der Waals surface area contributed by atoms with E-state index < -0.39 is 30.0 Å². The lowest BCUT2D eigenvalue weighted by Gasteiger charge is -2.27. The Morgan fingerprint density at radius 3 is 2.54 bits per heavy atom. The minimum absolute atomic E-state index is 0.100. The normalized spacial score (nSPS) is 18.5. The predicted molar refractivity (Wildman–Crippen MR) is 99.6 cm³/mol. The van der Waals surface area contributed by atoms with Crippen LogP contribution in [0.15, 0.2) is 54.6 Å². The topological polar surface area (TPSA) is 93.1 Å². The van der Waals surface area contributed by atoms with Crippen molar-refractivity contribution in [3.8, 4) is 0 Å². The first-order valence-corrected chi connectivity index (χ1v) is 8.89. The van der Waals surface area contributed by atoms with Crippen LogP contribution >= 0.6 is 0 Å². The summed E-state index contributed by atoms with van der Waals surface area (Å²) >= 11 is 0. The highest BCUT2D eigenvalue weighted by Crippen LogP contribution is 2.38. The van der Waals surface area contributed by atoms with E-state index in [0.717, 1.165) is 5.56 Å². The van der Waals surface area contributed by atoms with E-state index in [1.165, 1.54) is 12.0 Å². The first-order chi connectivity index (χ1) is 13.5. The van der Waals surface area contributed by atoms with E-state index in [1.807, 2.05) is 30.3 Å². The molecule has 3 rings (SSSR count). The van der Waals surface area contributed by atoms with Gasteiger partial charge in [0.1, 0.15) is 6.61 Å². The van der Waals surface area contributed by atoms with Gasteiger partial charge in [-0.15, -0.1) is 0 Å². The van der Waals surface area contributed by atoms with Crippen LogP contribution in [0.1, 0.15) is 33.9 Å². The summed E-state index contributed by atoms with van der Waals surface area (Å²) in [4.78, 5) is 37.6. The summed E-state index contributed by atoms with van der Waals surface area (Å²) < 4.78 is 10.1. The first-order valence-electron chi connectivity index (χ1n) is 8.89. The average molecular weight is 383 g/mol. The van der Waals surface area contributed by atoms with E-state index in [9.17, 15) is 19.5 Å². The van der Waals surface area contributed by atoms with Gasteiger partial charge in [0.15, 0.2) is 0 Å². The van der Waals surface area contributed by atoms with Crippen molar-refractivity contribution in [2.75, 3.05) is 13.7 Å². The maximum absolute atomic E-state index is 12.7. The van der Waals surface area contributed by atoms with E-state index in [1.54, 1.807) is 24.3 Å². The summed E-state index contributed by atoms with van der Waals surface area (Å²) in [5, 5.41) is 9.61. The number of hydrogen-bond donors (Lipinski definition) is 1. The molecule has 0 radical (unpaired) electrons. The molecular formula is C21H21NO6. The number of rotatable bonds is 5. The Labute approximate surface area is 162 Å². The van der Waals surface area contributed by atoms with Crippen LogP contribution in [0.3, 0.4) is 0 Å². The highest BCUT2D eigenvalue weighted by molar-refractivity contribution is 5.89. The molecule has 1 heterocycles. The molecule has 0 bridgehead atoms. The second kappa shape index (κ2) is 8.56. The molecule has 2 aromatic rings. The van der Waals surface area contributed by atoms with Gasteiger partial charge in [-0.2, -0.15) is 0 Å². The quantitative estimate of drug-likeness (QED) is 0.797. The molecule has 2 atom stereocenters. The van der Waals surface area contributed by atoms with Crippen LogP contribution < -0.4 is 0 Å². The smallest absolute Gasteiger partial charge is 0.410 e. The zero-order chi connectivity index (χ0) is 20.1. The van der Waals surface area contributed by atoms with E-state index >= 15 is 0 Å². The number of likely N-dealkylation sites (tertiary alicyclic amines) is 1. The van der Waals surface area contributed by atoms with Gasteiger partial charge in [-0.1, -0.05) is 42.5 Å². The summed E-state index contributed by atoms with van der Waals surface area (Å²) in [6, 6.07) is 15.0. The van der Waals surface area contributed by atoms with Crippen LogP contribution in [0.2, 0.25) is 0 Å². The van der Waals surface area contributed by atoms with Crippen LogP contribution in [0.4, 0.5) is 4.79 Å². The van der Waals surface area contributed by atoms with Gasteiger partial charge in [0.2, 0.25) is 0 Å². The highest BCUT2D eigenvalue weighted by atomic mass is 16.6. The number of ether oxygens (including phenoxy) is 2. The van der Waals surface area contributed by atoms with Gasteiger partial charge >= 0.3 is 18.0 Å². The van der Waals surface area contributed by atoms with Gasteiger partial charge in [-0.3, -0.25) is 4.79 Å². The number of nitrogens with zero attached hydrogens (tertiary/aromatic N) is 1. The second-order valence-electron chi connectivity index (χ2n) is 6.53. The number of carboxylic acids is 1. The molecule has 2 aromatic carbocycles. The molecule has 7 nitrogen and oxygen atoms in total. The Bertz CT molecular complexity index is 866. The number of methoxy groups -OCH3 is 1. The number of hydrogen-bond acceptors (Lipinski definition) is 5. The molecule has 1 aliphatic rings. The summed E-state index contributed by atoms with van der Waals surface area (Å²) in [5.74, 6) is -2.30. The molecule has 1 fully saturated rings. The Hall–Kier alpha value is -3.35. The van der Waals surface area contributed by atoms with Gasteiger partial charge in [0, 0.05) is 6.54 Å². The Kier molecular flexibility index (Phi) is 5.93. The van der Waals surface area contributed by atoms with Gasteiger partial charge in [-0.05, 0) is 29.7 Å². The molecule has 1 aliphatic heterocycles. The number of carboxylic acid groups (broad SMARTS) is 1. The van der Waals surface area contributed by atoms with Crippen LogP contribution in [-0.2, 0) is 20.9 Å². The predicted octanol–water partition coefficient (Wildman–Crippen LogP) is 3.26. The maximum Gasteiger partial charge on any atom is 0.410 e. The SMILES string of the molecule is COC(=O)c1cccc(C2C(C(=O)O)CCN2C(=O)OCc2ccccc2)c1. The number of benzene rings is 2. The van der Waals surface area contributed by atoms with Gasteiger partial charge in [0.25, 0.3) is 0 Å². The number of aliphatic carboxylic acids is 1. The molecule has 28 heavy (non-hydrogen) atoms. The standard InChI is InChI=1S/C21H21NO6/c1-27-20(25)16-9-5-8-15(12-16)18-17(19(23)24)10-11-22(18)21(26)28-13-14-6-3-2-4-7-14/h2-9,12,17-18H,10-11,13H2,1H3,(H,23,24). The Balaban J connectivity index is 1.83. The molecule has 0 spiro atoms. The molecule has 2 unspecified atom stereocenters. The second-order valence-corrected chi connectivity index (χ2v) is 6.53. The lowest BCUT2D eigenvalue weighted by molar-refractivity contribution is -0.142. The monoisotopic (exact) mass is 383 g/mol. The Morgan fingerprint density at radius 2 is 1.86 bits per heavy atom. The zero-order valence-electron chi connectivity index (χ0n) is 15.4. The van der Waals surface area contributed by atoms with Crippen LogP contribution in [0, 0.1) is 5.92 Å². The molecule has 0 saturated carbocycles. The molecule has 1 N–H and O–H groups in total. The fourth-order valence-corrected chi connectivity index (χ4v) is 3.44. The first kappa shape index (κ1) is 19.4. The summed E-state index contributed by atoms with van der Waals surface area (Å²) in [6.45, 7) is 0.362. The number of carbonyl (C=O) groups excluding carboxylic acids is 2. The minimum Gasteiger partial charge on any atom is -0.481 e. The van der Waals surface area contributed by atoms with E-state index in [0.29, 0.717) is 17.5 Å². The molecule has 1 saturated heterocycles. The Morgan fingerprint density at radius 1 is 1.11 bits per heavy atom. The summed E-state index contributed by atoms with van der Waals surface area (Å²) in [5.41, 5.74) is 1.70. The lowest BCUT2D eigenvalue weighted by atomic mass is 9.93. The molecular weight excluding hydrogens is 362 g/mol. The van der Waals surface area contributed by atoms with E-state index in [2.05, 4.69) is 0 Å². The van der Waals surface area contributed by atoms with Crippen molar-refractivity contribution >= 4 is 18.0 Å².